The number of carbonyl (C=O) groups is 1. The molecular weight excluding hydrogens is 184 g/mol. The molecule has 4 heteroatoms. The molecule has 0 fully saturated rings. The fourth-order valence-corrected chi connectivity index (χ4v) is 1.03. The number of allylic oxidation sites excluding steroid dienone is 3. The summed E-state index contributed by atoms with van der Waals surface area (Å²) in [5.74, 6) is 0.846. The summed E-state index contributed by atoms with van der Waals surface area (Å²) in [6, 6.07) is 0. The van der Waals surface area contributed by atoms with Crippen molar-refractivity contribution < 1.29 is 19.0 Å². The van der Waals surface area contributed by atoms with E-state index in [1.807, 2.05) is 0 Å². The van der Waals surface area contributed by atoms with Crippen LogP contribution in [0.25, 0.3) is 0 Å². The molecule has 1 aliphatic carbocycles. The Bertz CT molecular complexity index is 312. The Morgan fingerprint density at radius 1 is 1.43 bits per heavy atom. The number of hydrogen-bond donors (Lipinski definition) is 0. The van der Waals surface area contributed by atoms with Crippen molar-refractivity contribution in [2.75, 3.05) is 14.2 Å². The molecule has 1 rings (SSSR count). The third-order valence-electron chi connectivity index (χ3n) is 1.71. The molecule has 0 heterocycles. The van der Waals surface area contributed by atoms with Crippen LogP contribution in [-0.2, 0) is 14.2 Å². The van der Waals surface area contributed by atoms with Crippen LogP contribution in [0.2, 0.25) is 0 Å². The van der Waals surface area contributed by atoms with Gasteiger partial charge in [-0.1, -0.05) is 6.58 Å². The number of rotatable bonds is 2. The largest absolute Gasteiger partial charge is 0.513 e. The van der Waals surface area contributed by atoms with Gasteiger partial charge in [0.2, 0.25) is 0 Å². The van der Waals surface area contributed by atoms with Gasteiger partial charge in [0, 0.05) is 0 Å². The normalized spacial score (nSPS) is 15.4. The zero-order valence-corrected chi connectivity index (χ0v) is 8.20. The summed E-state index contributed by atoms with van der Waals surface area (Å²) in [5, 5.41) is 0. The topological polar surface area (TPSA) is 44.8 Å². The first-order valence-electron chi connectivity index (χ1n) is 4.07. The number of methoxy groups -OCH3 is 2. The van der Waals surface area contributed by atoms with Gasteiger partial charge in [0.25, 0.3) is 0 Å². The second kappa shape index (κ2) is 4.50. The summed E-state index contributed by atoms with van der Waals surface area (Å²) < 4.78 is 14.2. The first kappa shape index (κ1) is 10.4. The fourth-order valence-electron chi connectivity index (χ4n) is 1.03. The summed E-state index contributed by atoms with van der Waals surface area (Å²) in [5.41, 5.74) is 0.852. The lowest BCUT2D eigenvalue weighted by Gasteiger charge is -2.14. The molecule has 0 spiro atoms. The molecule has 0 bridgehead atoms. The molecule has 0 saturated carbocycles. The minimum Gasteiger partial charge on any atom is -0.493 e. The van der Waals surface area contributed by atoms with E-state index in [1.165, 1.54) is 14.2 Å². The molecule has 0 atom stereocenters. The van der Waals surface area contributed by atoms with Crippen molar-refractivity contribution in [2.24, 2.45) is 0 Å². The fraction of sp³-hybridized carbons (Fsp3) is 0.300. The van der Waals surface area contributed by atoms with Crippen LogP contribution in [-0.4, -0.2) is 20.4 Å². The van der Waals surface area contributed by atoms with Crippen LogP contribution in [0.5, 0.6) is 0 Å². The lowest BCUT2D eigenvalue weighted by Crippen LogP contribution is -2.09. The maximum Gasteiger partial charge on any atom is 0.513 e. The molecule has 76 valence electrons. The van der Waals surface area contributed by atoms with E-state index >= 15 is 0 Å². The van der Waals surface area contributed by atoms with Gasteiger partial charge in [-0.2, -0.15) is 0 Å². The first-order valence-corrected chi connectivity index (χ1v) is 4.07. The Balaban J connectivity index is 2.77. The quantitative estimate of drug-likeness (QED) is 0.635. The lowest BCUT2D eigenvalue weighted by molar-refractivity contribution is 0.0917. The first-order chi connectivity index (χ1) is 6.67. The van der Waals surface area contributed by atoms with Gasteiger partial charge in [0.05, 0.1) is 14.2 Å². The molecule has 0 saturated heterocycles. The van der Waals surface area contributed by atoms with Gasteiger partial charge in [-0.05, 0) is 24.1 Å². The van der Waals surface area contributed by atoms with Crippen LogP contribution >= 0.6 is 0 Å². The number of ether oxygens (including phenoxy) is 3. The minimum atomic E-state index is -0.770. The highest BCUT2D eigenvalue weighted by Crippen LogP contribution is 2.23. The Labute approximate surface area is 82.5 Å². The lowest BCUT2D eigenvalue weighted by atomic mass is 10.1. The Kier molecular flexibility index (Phi) is 3.34. The third kappa shape index (κ3) is 2.39. The standard InChI is InChI=1S/C10H12O4/c1-7-4-5-8(12-2)9(6-7)14-10(11)13-3/h5-6H,1,4H2,2-3H3. The van der Waals surface area contributed by atoms with Crippen LogP contribution in [0.1, 0.15) is 6.42 Å². The predicted molar refractivity (Wildman–Crippen MR) is 50.4 cm³/mol. The molecule has 0 unspecified atom stereocenters. The monoisotopic (exact) mass is 196 g/mol. The zero-order valence-electron chi connectivity index (χ0n) is 8.20. The van der Waals surface area contributed by atoms with Gasteiger partial charge < -0.3 is 14.2 Å². The van der Waals surface area contributed by atoms with E-state index in [1.54, 1.807) is 12.2 Å². The Morgan fingerprint density at radius 2 is 2.14 bits per heavy atom. The van der Waals surface area contributed by atoms with E-state index in [4.69, 9.17) is 9.47 Å². The van der Waals surface area contributed by atoms with Crippen LogP contribution in [0.3, 0.4) is 0 Å². The van der Waals surface area contributed by atoms with E-state index in [0.717, 1.165) is 5.57 Å². The van der Waals surface area contributed by atoms with Gasteiger partial charge in [-0.15, -0.1) is 0 Å². The molecule has 0 aromatic rings. The number of hydrogen-bond acceptors (Lipinski definition) is 4. The van der Waals surface area contributed by atoms with E-state index < -0.39 is 6.16 Å². The van der Waals surface area contributed by atoms with Gasteiger partial charge in [0.1, 0.15) is 0 Å². The molecular formula is C10H12O4. The van der Waals surface area contributed by atoms with Crippen LogP contribution in [0.4, 0.5) is 4.79 Å². The van der Waals surface area contributed by atoms with Crippen molar-refractivity contribution in [3.8, 4) is 0 Å². The molecule has 0 amide bonds. The van der Waals surface area contributed by atoms with Crippen molar-refractivity contribution in [3.05, 3.63) is 35.8 Å². The highest BCUT2D eigenvalue weighted by atomic mass is 16.7. The van der Waals surface area contributed by atoms with Crippen molar-refractivity contribution in [1.29, 1.82) is 0 Å². The summed E-state index contributed by atoms with van der Waals surface area (Å²) in [6.07, 6.45) is 3.36. The Morgan fingerprint density at radius 3 is 2.71 bits per heavy atom. The zero-order chi connectivity index (χ0) is 10.6. The summed E-state index contributed by atoms with van der Waals surface area (Å²) in [6.45, 7) is 3.76. The average molecular weight is 196 g/mol. The van der Waals surface area contributed by atoms with Gasteiger partial charge in [-0.3, -0.25) is 0 Å². The van der Waals surface area contributed by atoms with E-state index in [0.29, 0.717) is 17.9 Å². The predicted octanol–water partition coefficient (Wildman–Crippen LogP) is 2.14. The summed E-state index contributed by atoms with van der Waals surface area (Å²) >= 11 is 0. The molecule has 0 radical (unpaired) electrons. The molecule has 0 aliphatic heterocycles. The minimum absolute atomic E-state index is 0.329. The molecule has 4 nitrogen and oxygen atoms in total. The van der Waals surface area contributed by atoms with Crippen LogP contribution < -0.4 is 0 Å². The van der Waals surface area contributed by atoms with Gasteiger partial charge in [0.15, 0.2) is 11.5 Å². The maximum absolute atomic E-state index is 10.9. The molecule has 0 aromatic heterocycles. The molecule has 14 heavy (non-hydrogen) atoms. The second-order valence-electron chi connectivity index (χ2n) is 2.70. The van der Waals surface area contributed by atoms with E-state index in [-0.39, 0.29) is 0 Å². The highest BCUT2D eigenvalue weighted by Gasteiger charge is 2.16. The van der Waals surface area contributed by atoms with Gasteiger partial charge in [-0.25, -0.2) is 4.79 Å². The van der Waals surface area contributed by atoms with Crippen LogP contribution in [0, 0.1) is 0 Å². The van der Waals surface area contributed by atoms with Gasteiger partial charge >= 0.3 is 6.16 Å². The highest BCUT2D eigenvalue weighted by molar-refractivity contribution is 5.62. The summed E-state index contributed by atoms with van der Waals surface area (Å²) in [4.78, 5) is 10.9. The van der Waals surface area contributed by atoms with Crippen molar-refractivity contribution >= 4 is 6.16 Å². The smallest absolute Gasteiger partial charge is 0.493 e. The average Bonchev–Trinajstić information content (AvgIpc) is 2.18. The molecule has 0 N–H and O–H groups in total. The summed E-state index contributed by atoms with van der Waals surface area (Å²) in [7, 11) is 2.76. The van der Waals surface area contributed by atoms with Crippen LogP contribution in [0.15, 0.2) is 35.8 Å². The van der Waals surface area contributed by atoms with E-state index in [2.05, 4.69) is 11.3 Å². The van der Waals surface area contributed by atoms with E-state index in [9.17, 15) is 4.79 Å². The van der Waals surface area contributed by atoms with Crippen molar-refractivity contribution in [2.45, 2.75) is 6.42 Å². The molecule has 1 aliphatic rings. The third-order valence-corrected chi connectivity index (χ3v) is 1.71. The van der Waals surface area contributed by atoms with Crippen molar-refractivity contribution in [3.63, 3.8) is 0 Å². The number of carbonyl (C=O) groups excluding carboxylic acids is 1. The SMILES string of the molecule is C=C1C=C(OC(=O)OC)C(OC)=CC1. The maximum atomic E-state index is 10.9. The van der Waals surface area contributed by atoms with Crippen molar-refractivity contribution in [1.82, 2.24) is 0 Å². The Hall–Kier alpha value is -1.71. The molecule has 0 aromatic carbocycles. The second-order valence-corrected chi connectivity index (χ2v) is 2.70.